The molecule has 0 bridgehead atoms. The van der Waals surface area contributed by atoms with Gasteiger partial charge in [-0.3, -0.25) is 9.59 Å². The van der Waals surface area contributed by atoms with Gasteiger partial charge in [0.05, 0.1) is 17.9 Å². The van der Waals surface area contributed by atoms with Crippen LogP contribution in [0.3, 0.4) is 0 Å². The minimum atomic E-state index is -0.774. The predicted octanol–water partition coefficient (Wildman–Crippen LogP) is 0.267. The van der Waals surface area contributed by atoms with Gasteiger partial charge in [0.25, 0.3) is 5.91 Å². The van der Waals surface area contributed by atoms with Gasteiger partial charge in [-0.25, -0.2) is 0 Å². The Bertz CT molecular complexity index is 474. The molecule has 0 saturated heterocycles. The third-order valence-corrected chi connectivity index (χ3v) is 2.59. The standard InChI is InChI=1S/C13H19N3O3/c1-8-4-5-11(9(6-8)12(17)15-2)16-13(18)10(14)7-19-3/h4-6,10H,7,14H2,1-3H3,(H,15,17)(H,16,18). The smallest absolute Gasteiger partial charge is 0.253 e. The van der Waals surface area contributed by atoms with Gasteiger partial charge in [0.2, 0.25) is 5.91 Å². The Hall–Kier alpha value is -1.92. The molecule has 104 valence electrons. The summed E-state index contributed by atoms with van der Waals surface area (Å²) in [5, 5.41) is 5.16. The number of methoxy groups -OCH3 is 1. The maximum Gasteiger partial charge on any atom is 0.253 e. The molecule has 4 N–H and O–H groups in total. The molecule has 1 aromatic rings. The molecule has 6 nitrogen and oxygen atoms in total. The zero-order chi connectivity index (χ0) is 14.4. The topological polar surface area (TPSA) is 93.5 Å². The highest BCUT2D eigenvalue weighted by Crippen LogP contribution is 2.17. The van der Waals surface area contributed by atoms with Gasteiger partial charge in [0.1, 0.15) is 6.04 Å². The van der Waals surface area contributed by atoms with Crippen LogP contribution < -0.4 is 16.4 Å². The molecule has 19 heavy (non-hydrogen) atoms. The SMILES string of the molecule is CNC(=O)c1cc(C)ccc1NC(=O)C(N)COC. The first-order chi connectivity index (χ1) is 8.99. The Kier molecular flexibility index (Phi) is 5.47. The fourth-order valence-electron chi connectivity index (χ4n) is 1.57. The van der Waals surface area contributed by atoms with Gasteiger partial charge in [-0.15, -0.1) is 0 Å². The third-order valence-electron chi connectivity index (χ3n) is 2.59. The maximum atomic E-state index is 11.8. The summed E-state index contributed by atoms with van der Waals surface area (Å²) >= 11 is 0. The number of amides is 2. The number of hydrogen-bond acceptors (Lipinski definition) is 4. The summed E-state index contributed by atoms with van der Waals surface area (Å²) in [6.07, 6.45) is 0. The van der Waals surface area contributed by atoms with E-state index in [9.17, 15) is 9.59 Å². The van der Waals surface area contributed by atoms with Crippen LogP contribution in [0.15, 0.2) is 18.2 Å². The van der Waals surface area contributed by atoms with Crippen LogP contribution in [-0.2, 0) is 9.53 Å². The number of aryl methyl sites for hydroxylation is 1. The van der Waals surface area contributed by atoms with Crippen molar-refractivity contribution in [2.24, 2.45) is 5.73 Å². The lowest BCUT2D eigenvalue weighted by atomic mass is 10.1. The zero-order valence-electron chi connectivity index (χ0n) is 11.3. The maximum absolute atomic E-state index is 11.8. The van der Waals surface area contributed by atoms with E-state index >= 15 is 0 Å². The summed E-state index contributed by atoms with van der Waals surface area (Å²) < 4.78 is 4.82. The van der Waals surface area contributed by atoms with Crippen molar-refractivity contribution in [1.82, 2.24) is 5.32 Å². The summed E-state index contributed by atoms with van der Waals surface area (Å²) in [4.78, 5) is 23.5. The number of ether oxygens (including phenoxy) is 1. The second-order valence-electron chi connectivity index (χ2n) is 4.18. The minimum absolute atomic E-state index is 0.118. The van der Waals surface area contributed by atoms with Gasteiger partial charge in [-0.05, 0) is 19.1 Å². The fraction of sp³-hybridized carbons (Fsp3) is 0.385. The summed E-state index contributed by atoms with van der Waals surface area (Å²) in [6.45, 7) is 1.99. The second-order valence-corrected chi connectivity index (χ2v) is 4.18. The number of rotatable bonds is 5. The molecular weight excluding hydrogens is 246 g/mol. The zero-order valence-corrected chi connectivity index (χ0v) is 11.3. The Morgan fingerprint density at radius 3 is 2.68 bits per heavy atom. The molecule has 0 spiro atoms. The van der Waals surface area contributed by atoms with Gasteiger partial charge in [0, 0.05) is 14.2 Å². The lowest BCUT2D eigenvalue weighted by Crippen LogP contribution is -2.39. The average Bonchev–Trinajstić information content (AvgIpc) is 2.40. The van der Waals surface area contributed by atoms with E-state index in [-0.39, 0.29) is 12.5 Å². The quantitative estimate of drug-likeness (QED) is 0.712. The number of benzene rings is 1. The fourth-order valence-corrected chi connectivity index (χ4v) is 1.57. The molecule has 1 rings (SSSR count). The van der Waals surface area contributed by atoms with Crippen LogP contribution >= 0.6 is 0 Å². The van der Waals surface area contributed by atoms with Crippen LogP contribution in [0.5, 0.6) is 0 Å². The lowest BCUT2D eigenvalue weighted by Gasteiger charge is -2.14. The summed E-state index contributed by atoms with van der Waals surface area (Å²) in [5.41, 5.74) is 7.39. The van der Waals surface area contributed by atoms with Gasteiger partial charge in [-0.2, -0.15) is 0 Å². The molecule has 6 heteroatoms. The first kappa shape index (κ1) is 15.1. The van der Waals surface area contributed by atoms with Crippen molar-refractivity contribution >= 4 is 17.5 Å². The van der Waals surface area contributed by atoms with Crippen LogP contribution in [0.25, 0.3) is 0 Å². The normalized spacial score (nSPS) is 11.8. The van der Waals surface area contributed by atoms with E-state index in [0.717, 1.165) is 5.56 Å². The summed E-state index contributed by atoms with van der Waals surface area (Å²) in [5.74, 6) is -0.657. The van der Waals surface area contributed by atoms with Crippen molar-refractivity contribution in [2.45, 2.75) is 13.0 Å². The number of nitrogens with two attached hydrogens (primary N) is 1. The lowest BCUT2D eigenvalue weighted by molar-refractivity contribution is -0.118. The monoisotopic (exact) mass is 265 g/mol. The average molecular weight is 265 g/mol. The van der Waals surface area contributed by atoms with E-state index in [1.807, 2.05) is 13.0 Å². The molecule has 0 radical (unpaired) electrons. The van der Waals surface area contributed by atoms with Gasteiger partial charge < -0.3 is 21.1 Å². The highest BCUT2D eigenvalue weighted by molar-refractivity contribution is 6.04. The molecule has 0 heterocycles. The van der Waals surface area contributed by atoms with Crippen molar-refractivity contribution in [2.75, 3.05) is 26.1 Å². The van der Waals surface area contributed by atoms with E-state index in [4.69, 9.17) is 10.5 Å². The number of anilines is 1. The molecule has 1 unspecified atom stereocenters. The van der Waals surface area contributed by atoms with Crippen LogP contribution in [0.2, 0.25) is 0 Å². The van der Waals surface area contributed by atoms with Crippen LogP contribution in [0, 0.1) is 6.92 Å². The number of carbonyl (C=O) groups is 2. The van der Waals surface area contributed by atoms with Crippen molar-refractivity contribution in [1.29, 1.82) is 0 Å². The first-order valence-corrected chi connectivity index (χ1v) is 5.87. The Morgan fingerprint density at radius 1 is 1.42 bits per heavy atom. The summed E-state index contributed by atoms with van der Waals surface area (Å²) in [7, 11) is 3.00. The minimum Gasteiger partial charge on any atom is -0.383 e. The van der Waals surface area contributed by atoms with Crippen molar-refractivity contribution < 1.29 is 14.3 Å². The number of nitrogens with one attached hydrogen (secondary N) is 2. The molecule has 0 aliphatic heterocycles. The number of hydrogen-bond donors (Lipinski definition) is 3. The van der Waals surface area contributed by atoms with Crippen LogP contribution in [0.1, 0.15) is 15.9 Å². The molecule has 0 fully saturated rings. The van der Waals surface area contributed by atoms with Gasteiger partial charge in [-0.1, -0.05) is 11.6 Å². The van der Waals surface area contributed by atoms with Gasteiger partial charge in [0.15, 0.2) is 0 Å². The highest BCUT2D eigenvalue weighted by Gasteiger charge is 2.17. The number of carbonyl (C=O) groups excluding carboxylic acids is 2. The van der Waals surface area contributed by atoms with E-state index < -0.39 is 11.9 Å². The first-order valence-electron chi connectivity index (χ1n) is 5.87. The van der Waals surface area contributed by atoms with E-state index in [1.165, 1.54) is 14.2 Å². The Balaban J connectivity index is 2.94. The van der Waals surface area contributed by atoms with E-state index in [1.54, 1.807) is 12.1 Å². The van der Waals surface area contributed by atoms with Gasteiger partial charge >= 0.3 is 0 Å². The van der Waals surface area contributed by atoms with Crippen LogP contribution in [0.4, 0.5) is 5.69 Å². The van der Waals surface area contributed by atoms with Crippen molar-refractivity contribution in [3.05, 3.63) is 29.3 Å². The molecule has 0 aromatic heterocycles. The molecule has 1 atom stereocenters. The highest BCUT2D eigenvalue weighted by atomic mass is 16.5. The van der Waals surface area contributed by atoms with E-state index in [2.05, 4.69) is 10.6 Å². The molecule has 0 aliphatic carbocycles. The van der Waals surface area contributed by atoms with Crippen molar-refractivity contribution in [3.8, 4) is 0 Å². The predicted molar refractivity (Wildman–Crippen MR) is 73.1 cm³/mol. The largest absolute Gasteiger partial charge is 0.383 e. The molecule has 0 saturated carbocycles. The molecular formula is C13H19N3O3. The molecule has 2 amide bonds. The third kappa shape index (κ3) is 4.04. The molecule has 0 aliphatic rings. The Morgan fingerprint density at radius 2 is 2.11 bits per heavy atom. The molecule has 1 aromatic carbocycles. The van der Waals surface area contributed by atoms with E-state index in [0.29, 0.717) is 11.3 Å². The van der Waals surface area contributed by atoms with Crippen molar-refractivity contribution in [3.63, 3.8) is 0 Å². The second kappa shape index (κ2) is 6.86. The summed E-state index contributed by atoms with van der Waals surface area (Å²) in [6, 6.07) is 4.42. The Labute approximate surface area is 112 Å². The van der Waals surface area contributed by atoms with Crippen LogP contribution in [-0.4, -0.2) is 38.6 Å².